The second kappa shape index (κ2) is 4.67. The van der Waals surface area contributed by atoms with Crippen LogP contribution in [0.25, 0.3) is 0 Å². The first-order chi connectivity index (χ1) is 8.04. The van der Waals surface area contributed by atoms with Gasteiger partial charge in [0.05, 0.1) is 0 Å². The number of nitrogens with zero attached hydrogens (tertiary/aromatic N) is 1. The molecule has 1 saturated carbocycles. The molecule has 4 nitrogen and oxygen atoms in total. The van der Waals surface area contributed by atoms with Crippen molar-refractivity contribution in [2.45, 2.75) is 64.6 Å². The summed E-state index contributed by atoms with van der Waals surface area (Å²) in [7, 11) is 0. The monoisotopic (exact) mass is 238 g/mol. The van der Waals surface area contributed by atoms with E-state index >= 15 is 0 Å². The number of amides is 2. The summed E-state index contributed by atoms with van der Waals surface area (Å²) in [5, 5.41) is 2.76. The molecule has 0 aromatic heterocycles. The summed E-state index contributed by atoms with van der Waals surface area (Å²) in [5.41, 5.74) is 0. The molecular weight excluding hydrogens is 216 g/mol. The van der Waals surface area contributed by atoms with E-state index in [2.05, 4.69) is 12.2 Å². The van der Waals surface area contributed by atoms with Gasteiger partial charge in [0.2, 0.25) is 11.8 Å². The van der Waals surface area contributed by atoms with Gasteiger partial charge in [0.1, 0.15) is 12.1 Å². The Labute approximate surface area is 103 Å². The number of hydrogen-bond acceptors (Lipinski definition) is 2. The van der Waals surface area contributed by atoms with Crippen molar-refractivity contribution in [3.63, 3.8) is 0 Å². The maximum atomic E-state index is 12.2. The molecule has 0 spiro atoms. The molecular formula is C13H22N2O2. The van der Waals surface area contributed by atoms with Gasteiger partial charge in [-0.05, 0) is 38.5 Å². The zero-order valence-electron chi connectivity index (χ0n) is 10.9. The fraction of sp³-hybridized carbons (Fsp3) is 0.846. The van der Waals surface area contributed by atoms with Crippen molar-refractivity contribution in [2.75, 3.05) is 0 Å². The van der Waals surface area contributed by atoms with Crippen molar-refractivity contribution in [1.29, 1.82) is 0 Å². The summed E-state index contributed by atoms with van der Waals surface area (Å²) < 4.78 is 0. The first kappa shape index (κ1) is 12.4. The molecule has 0 radical (unpaired) electrons. The Bertz CT molecular complexity index is 329. The van der Waals surface area contributed by atoms with Gasteiger partial charge in [-0.15, -0.1) is 0 Å². The lowest BCUT2D eigenvalue weighted by atomic mass is 10.0. The average Bonchev–Trinajstić information content (AvgIpc) is 2.69. The van der Waals surface area contributed by atoms with Gasteiger partial charge in [-0.1, -0.05) is 13.8 Å². The fourth-order valence-corrected chi connectivity index (χ4v) is 3.12. The SMILES string of the molecule is CCC1C(=O)NC(C)C(=O)N1C1CCC(C)C1. The Morgan fingerprint density at radius 3 is 2.53 bits per heavy atom. The topological polar surface area (TPSA) is 49.4 Å². The molecule has 17 heavy (non-hydrogen) atoms. The van der Waals surface area contributed by atoms with Crippen LogP contribution in [-0.4, -0.2) is 34.8 Å². The van der Waals surface area contributed by atoms with E-state index in [1.54, 1.807) is 6.92 Å². The third kappa shape index (κ3) is 2.17. The van der Waals surface area contributed by atoms with Gasteiger partial charge in [0.15, 0.2) is 0 Å². The molecule has 2 fully saturated rings. The van der Waals surface area contributed by atoms with E-state index in [0.717, 1.165) is 12.8 Å². The molecule has 0 aromatic carbocycles. The van der Waals surface area contributed by atoms with Gasteiger partial charge in [0.25, 0.3) is 0 Å². The highest BCUT2D eigenvalue weighted by Gasteiger charge is 2.42. The largest absolute Gasteiger partial charge is 0.343 e. The molecule has 1 heterocycles. The lowest BCUT2D eigenvalue weighted by Crippen LogP contribution is -2.64. The van der Waals surface area contributed by atoms with E-state index in [-0.39, 0.29) is 29.9 Å². The Morgan fingerprint density at radius 1 is 1.29 bits per heavy atom. The van der Waals surface area contributed by atoms with Gasteiger partial charge >= 0.3 is 0 Å². The molecule has 2 rings (SSSR count). The number of carbonyl (C=O) groups excluding carboxylic acids is 2. The van der Waals surface area contributed by atoms with E-state index in [1.165, 1.54) is 6.42 Å². The van der Waals surface area contributed by atoms with Crippen LogP contribution in [0.4, 0.5) is 0 Å². The molecule has 1 saturated heterocycles. The first-order valence-electron chi connectivity index (χ1n) is 6.67. The quantitative estimate of drug-likeness (QED) is 0.788. The highest BCUT2D eigenvalue weighted by molar-refractivity contribution is 5.96. The molecule has 4 heteroatoms. The lowest BCUT2D eigenvalue weighted by Gasteiger charge is -2.41. The van der Waals surface area contributed by atoms with E-state index in [9.17, 15) is 9.59 Å². The molecule has 2 amide bonds. The van der Waals surface area contributed by atoms with Gasteiger partial charge in [-0.25, -0.2) is 0 Å². The van der Waals surface area contributed by atoms with Crippen LogP contribution in [0.2, 0.25) is 0 Å². The van der Waals surface area contributed by atoms with Crippen molar-refractivity contribution in [2.24, 2.45) is 5.92 Å². The zero-order valence-corrected chi connectivity index (χ0v) is 10.9. The van der Waals surface area contributed by atoms with Crippen molar-refractivity contribution < 1.29 is 9.59 Å². The Kier molecular flexibility index (Phi) is 3.40. The van der Waals surface area contributed by atoms with E-state index in [0.29, 0.717) is 12.3 Å². The normalized spacial score (nSPS) is 38.4. The molecule has 4 unspecified atom stereocenters. The number of nitrogens with one attached hydrogen (secondary N) is 1. The van der Waals surface area contributed by atoms with Crippen molar-refractivity contribution in [3.8, 4) is 0 Å². The third-order valence-corrected chi connectivity index (χ3v) is 4.07. The van der Waals surface area contributed by atoms with Crippen LogP contribution >= 0.6 is 0 Å². The average molecular weight is 238 g/mol. The minimum atomic E-state index is -0.360. The van der Waals surface area contributed by atoms with Crippen LogP contribution < -0.4 is 5.32 Å². The van der Waals surface area contributed by atoms with Crippen molar-refractivity contribution in [3.05, 3.63) is 0 Å². The molecule has 1 aliphatic carbocycles. The summed E-state index contributed by atoms with van der Waals surface area (Å²) in [6.07, 6.45) is 3.96. The smallest absolute Gasteiger partial charge is 0.245 e. The predicted molar refractivity (Wildman–Crippen MR) is 65.3 cm³/mol. The first-order valence-corrected chi connectivity index (χ1v) is 6.67. The summed E-state index contributed by atoms with van der Waals surface area (Å²) in [4.78, 5) is 26.0. The molecule has 1 N–H and O–H groups in total. The van der Waals surface area contributed by atoms with Crippen LogP contribution in [0.1, 0.15) is 46.5 Å². The Morgan fingerprint density at radius 2 is 2.00 bits per heavy atom. The summed E-state index contributed by atoms with van der Waals surface area (Å²) in [6, 6.07) is -0.342. The molecule has 2 aliphatic rings. The summed E-state index contributed by atoms with van der Waals surface area (Å²) >= 11 is 0. The molecule has 4 atom stereocenters. The highest BCUT2D eigenvalue weighted by Crippen LogP contribution is 2.32. The molecule has 0 bridgehead atoms. The number of piperazine rings is 1. The van der Waals surface area contributed by atoms with Gasteiger partial charge in [-0.2, -0.15) is 0 Å². The summed E-state index contributed by atoms with van der Waals surface area (Å²) in [5.74, 6) is 0.778. The van der Waals surface area contributed by atoms with Crippen LogP contribution in [0.3, 0.4) is 0 Å². The van der Waals surface area contributed by atoms with Crippen molar-refractivity contribution >= 4 is 11.8 Å². The van der Waals surface area contributed by atoms with E-state index in [4.69, 9.17) is 0 Å². The van der Waals surface area contributed by atoms with Gasteiger partial charge in [0, 0.05) is 6.04 Å². The van der Waals surface area contributed by atoms with Crippen LogP contribution in [0.15, 0.2) is 0 Å². The Hall–Kier alpha value is -1.06. The van der Waals surface area contributed by atoms with E-state index < -0.39 is 0 Å². The minimum Gasteiger partial charge on any atom is -0.343 e. The number of rotatable bonds is 2. The third-order valence-electron chi connectivity index (χ3n) is 4.07. The minimum absolute atomic E-state index is 0.0131. The van der Waals surface area contributed by atoms with Crippen LogP contribution in [0.5, 0.6) is 0 Å². The van der Waals surface area contributed by atoms with Crippen LogP contribution in [-0.2, 0) is 9.59 Å². The lowest BCUT2D eigenvalue weighted by molar-refractivity contribution is -0.151. The summed E-state index contributed by atoms with van der Waals surface area (Å²) in [6.45, 7) is 5.97. The molecule has 96 valence electrons. The zero-order chi connectivity index (χ0) is 12.6. The van der Waals surface area contributed by atoms with Gasteiger partial charge in [-0.3, -0.25) is 9.59 Å². The maximum Gasteiger partial charge on any atom is 0.245 e. The fourth-order valence-electron chi connectivity index (χ4n) is 3.12. The van der Waals surface area contributed by atoms with Gasteiger partial charge < -0.3 is 10.2 Å². The number of hydrogen-bond donors (Lipinski definition) is 1. The van der Waals surface area contributed by atoms with Crippen molar-refractivity contribution in [1.82, 2.24) is 10.2 Å². The molecule has 1 aliphatic heterocycles. The van der Waals surface area contributed by atoms with Crippen LogP contribution in [0, 0.1) is 5.92 Å². The predicted octanol–water partition coefficient (Wildman–Crippen LogP) is 1.30. The second-order valence-electron chi connectivity index (χ2n) is 5.47. The highest BCUT2D eigenvalue weighted by atomic mass is 16.2. The Balaban J connectivity index is 2.20. The maximum absolute atomic E-state index is 12.2. The second-order valence-corrected chi connectivity index (χ2v) is 5.47. The van der Waals surface area contributed by atoms with E-state index in [1.807, 2.05) is 11.8 Å². The number of carbonyl (C=O) groups is 2. The molecule has 0 aromatic rings. The standard InChI is InChI=1S/C13H22N2O2/c1-4-11-12(16)14-9(3)13(17)15(11)10-6-5-8(2)7-10/h8-11H,4-7H2,1-3H3,(H,14,16).